The number of hydrogen-bond acceptors (Lipinski definition) is 5. The van der Waals surface area contributed by atoms with E-state index in [1.165, 1.54) is 0 Å². The summed E-state index contributed by atoms with van der Waals surface area (Å²) in [5.41, 5.74) is 2.06. The Bertz CT molecular complexity index is 787. The van der Waals surface area contributed by atoms with Crippen LogP contribution in [-0.2, 0) is 14.4 Å². The van der Waals surface area contributed by atoms with Crippen molar-refractivity contribution in [2.24, 2.45) is 0 Å². The van der Waals surface area contributed by atoms with E-state index in [1.54, 1.807) is 45.9 Å². The second kappa shape index (κ2) is 7.88. The second-order valence-electron chi connectivity index (χ2n) is 6.27. The van der Waals surface area contributed by atoms with Gasteiger partial charge < -0.3 is 5.32 Å². The van der Waals surface area contributed by atoms with Gasteiger partial charge in [0.2, 0.25) is 5.91 Å². The van der Waals surface area contributed by atoms with E-state index in [4.69, 9.17) is 11.6 Å². The SMILES string of the molecule is CCN(O)C(=O)C(C)Nc1cc(N2C(=O)CC(=C(C)C)C2=O)ccc1Cl. The van der Waals surface area contributed by atoms with Crippen LogP contribution < -0.4 is 10.2 Å². The predicted molar refractivity (Wildman–Crippen MR) is 99.2 cm³/mol. The number of benzene rings is 1. The summed E-state index contributed by atoms with van der Waals surface area (Å²) in [6, 6.07) is 3.93. The van der Waals surface area contributed by atoms with Crippen LogP contribution in [0, 0.1) is 0 Å². The van der Waals surface area contributed by atoms with Gasteiger partial charge in [-0.05, 0) is 45.9 Å². The Hall–Kier alpha value is -2.38. The largest absolute Gasteiger partial charge is 0.373 e. The highest BCUT2D eigenvalue weighted by Gasteiger charge is 2.35. The number of amides is 3. The second-order valence-corrected chi connectivity index (χ2v) is 6.68. The zero-order valence-corrected chi connectivity index (χ0v) is 15.9. The fraction of sp³-hybridized carbons (Fsp3) is 0.389. The minimum atomic E-state index is -0.744. The Balaban J connectivity index is 2.31. The van der Waals surface area contributed by atoms with Crippen LogP contribution in [-0.4, -0.2) is 40.6 Å². The lowest BCUT2D eigenvalue weighted by Gasteiger charge is -2.21. The first-order chi connectivity index (χ1) is 12.2. The van der Waals surface area contributed by atoms with Crippen LogP contribution in [0.25, 0.3) is 0 Å². The molecule has 1 aromatic rings. The number of imide groups is 1. The van der Waals surface area contributed by atoms with Crippen LogP contribution in [0.4, 0.5) is 11.4 Å². The Morgan fingerprint density at radius 1 is 1.38 bits per heavy atom. The molecule has 0 bridgehead atoms. The fourth-order valence-electron chi connectivity index (χ4n) is 2.64. The highest BCUT2D eigenvalue weighted by molar-refractivity contribution is 6.34. The Labute approximate surface area is 157 Å². The van der Waals surface area contributed by atoms with Gasteiger partial charge >= 0.3 is 0 Å². The minimum absolute atomic E-state index is 0.0669. The molecule has 2 N–H and O–H groups in total. The van der Waals surface area contributed by atoms with Gasteiger partial charge in [0.25, 0.3) is 11.8 Å². The number of hydrogen-bond donors (Lipinski definition) is 2. The molecule has 140 valence electrons. The third-order valence-corrected chi connectivity index (χ3v) is 4.48. The van der Waals surface area contributed by atoms with E-state index < -0.39 is 11.9 Å². The van der Waals surface area contributed by atoms with E-state index in [2.05, 4.69) is 5.32 Å². The van der Waals surface area contributed by atoms with Crippen molar-refractivity contribution in [3.63, 3.8) is 0 Å². The van der Waals surface area contributed by atoms with Gasteiger partial charge in [0.15, 0.2) is 0 Å². The van der Waals surface area contributed by atoms with Gasteiger partial charge in [-0.2, -0.15) is 0 Å². The number of likely N-dealkylation sites (N-methyl/N-ethyl adjacent to an activating group) is 1. The lowest BCUT2D eigenvalue weighted by atomic mass is 10.1. The van der Waals surface area contributed by atoms with E-state index in [1.807, 2.05) is 0 Å². The normalized spacial score (nSPS) is 15.3. The highest BCUT2D eigenvalue weighted by atomic mass is 35.5. The summed E-state index contributed by atoms with van der Waals surface area (Å²) in [4.78, 5) is 37.9. The van der Waals surface area contributed by atoms with Crippen molar-refractivity contribution in [3.05, 3.63) is 34.4 Å². The van der Waals surface area contributed by atoms with Crippen molar-refractivity contribution in [1.29, 1.82) is 0 Å². The van der Waals surface area contributed by atoms with Crippen molar-refractivity contribution in [2.45, 2.75) is 40.2 Å². The van der Waals surface area contributed by atoms with Crippen LogP contribution in [0.3, 0.4) is 0 Å². The van der Waals surface area contributed by atoms with E-state index in [0.717, 1.165) is 10.5 Å². The quantitative estimate of drug-likeness (QED) is 0.355. The molecule has 0 aliphatic carbocycles. The molecule has 1 aliphatic rings. The molecule has 0 spiro atoms. The molecule has 8 heteroatoms. The summed E-state index contributed by atoms with van der Waals surface area (Å²) in [7, 11) is 0. The summed E-state index contributed by atoms with van der Waals surface area (Å²) in [5, 5.41) is 13.4. The number of rotatable bonds is 5. The summed E-state index contributed by atoms with van der Waals surface area (Å²) in [5.74, 6) is -1.18. The number of carbonyl (C=O) groups is 3. The van der Waals surface area contributed by atoms with E-state index in [9.17, 15) is 19.6 Å². The molecule has 3 amide bonds. The number of anilines is 2. The molecule has 1 unspecified atom stereocenters. The maximum atomic E-state index is 12.5. The monoisotopic (exact) mass is 379 g/mol. The van der Waals surface area contributed by atoms with Crippen LogP contribution in [0.5, 0.6) is 0 Å². The first kappa shape index (κ1) is 19.9. The maximum absolute atomic E-state index is 12.5. The van der Waals surface area contributed by atoms with Gasteiger partial charge in [0, 0.05) is 12.1 Å². The summed E-state index contributed by atoms with van der Waals surface area (Å²) in [6.07, 6.45) is 0.0669. The van der Waals surface area contributed by atoms with Gasteiger partial charge in [-0.3, -0.25) is 19.6 Å². The van der Waals surface area contributed by atoms with Crippen molar-refractivity contribution in [2.75, 3.05) is 16.8 Å². The summed E-state index contributed by atoms with van der Waals surface area (Å²) < 4.78 is 0. The summed E-state index contributed by atoms with van der Waals surface area (Å²) >= 11 is 6.17. The molecule has 1 fully saturated rings. The van der Waals surface area contributed by atoms with Crippen LogP contribution in [0.1, 0.15) is 34.1 Å². The zero-order chi connectivity index (χ0) is 19.6. The van der Waals surface area contributed by atoms with Crippen LogP contribution in [0.15, 0.2) is 29.3 Å². The molecular formula is C18H22ClN3O4. The first-order valence-corrected chi connectivity index (χ1v) is 8.65. The summed E-state index contributed by atoms with van der Waals surface area (Å²) in [6.45, 7) is 6.96. The number of hydroxylamine groups is 2. The molecule has 0 aromatic heterocycles. The van der Waals surface area contributed by atoms with E-state index >= 15 is 0 Å². The lowest BCUT2D eigenvalue weighted by molar-refractivity contribution is -0.164. The topological polar surface area (TPSA) is 89.9 Å². The van der Waals surface area contributed by atoms with Gasteiger partial charge in [-0.1, -0.05) is 17.2 Å². The molecule has 0 radical (unpaired) electrons. The molecule has 2 rings (SSSR count). The Morgan fingerprint density at radius 3 is 2.58 bits per heavy atom. The lowest BCUT2D eigenvalue weighted by Crippen LogP contribution is -2.39. The molecule has 26 heavy (non-hydrogen) atoms. The molecule has 1 aliphatic heterocycles. The van der Waals surface area contributed by atoms with Crippen molar-refractivity contribution in [1.82, 2.24) is 5.06 Å². The van der Waals surface area contributed by atoms with E-state index in [-0.39, 0.29) is 24.8 Å². The van der Waals surface area contributed by atoms with Crippen LogP contribution in [0.2, 0.25) is 5.02 Å². The van der Waals surface area contributed by atoms with Gasteiger partial charge in [-0.25, -0.2) is 9.96 Å². The number of carbonyl (C=O) groups excluding carboxylic acids is 3. The minimum Gasteiger partial charge on any atom is -0.373 e. The Morgan fingerprint density at radius 2 is 2.04 bits per heavy atom. The predicted octanol–water partition coefficient (Wildman–Crippen LogP) is 2.98. The average Bonchev–Trinajstić information content (AvgIpc) is 2.90. The number of nitrogens with one attached hydrogen (secondary N) is 1. The third kappa shape index (κ3) is 3.89. The number of nitrogens with zero attached hydrogens (tertiary/aromatic N) is 2. The zero-order valence-electron chi connectivity index (χ0n) is 15.2. The number of halogens is 1. The standard InChI is InChI=1S/C18H22ClN3O4/c1-5-21(26)17(24)11(4)20-15-8-12(6-7-14(15)19)22-16(23)9-13(10(2)3)18(22)25/h6-8,11,20,26H,5,9H2,1-4H3. The molecule has 1 heterocycles. The van der Waals surface area contributed by atoms with Crippen LogP contribution >= 0.6 is 11.6 Å². The molecule has 1 atom stereocenters. The van der Waals surface area contributed by atoms with Crippen molar-refractivity contribution >= 4 is 40.7 Å². The van der Waals surface area contributed by atoms with Crippen molar-refractivity contribution in [3.8, 4) is 0 Å². The first-order valence-electron chi connectivity index (χ1n) is 8.27. The molecule has 7 nitrogen and oxygen atoms in total. The Kier molecular flexibility index (Phi) is 6.05. The molecular weight excluding hydrogens is 358 g/mol. The van der Waals surface area contributed by atoms with Crippen molar-refractivity contribution < 1.29 is 19.6 Å². The maximum Gasteiger partial charge on any atom is 0.268 e. The smallest absolute Gasteiger partial charge is 0.268 e. The third-order valence-electron chi connectivity index (χ3n) is 4.15. The molecule has 1 saturated heterocycles. The highest BCUT2D eigenvalue weighted by Crippen LogP contribution is 2.33. The number of allylic oxidation sites excluding steroid dienone is 1. The van der Waals surface area contributed by atoms with Gasteiger partial charge in [0.05, 0.1) is 22.8 Å². The fourth-order valence-corrected chi connectivity index (χ4v) is 2.82. The average molecular weight is 380 g/mol. The molecule has 0 saturated carbocycles. The molecule has 1 aromatic carbocycles. The van der Waals surface area contributed by atoms with Gasteiger partial charge in [0.1, 0.15) is 6.04 Å². The van der Waals surface area contributed by atoms with Gasteiger partial charge in [-0.15, -0.1) is 0 Å². The van der Waals surface area contributed by atoms with E-state index in [0.29, 0.717) is 27.0 Å².